The van der Waals surface area contributed by atoms with Gasteiger partial charge in [-0.05, 0) is 44.0 Å². The molecule has 2 heterocycles. The Balaban J connectivity index is 1.76. The van der Waals surface area contributed by atoms with E-state index in [1.165, 1.54) is 0 Å². The summed E-state index contributed by atoms with van der Waals surface area (Å²) in [4.78, 5) is 11.6. The third-order valence-corrected chi connectivity index (χ3v) is 2.79. The van der Waals surface area contributed by atoms with Crippen LogP contribution in [0.4, 0.5) is 0 Å². The molecule has 0 radical (unpaired) electrons. The van der Waals surface area contributed by atoms with Gasteiger partial charge in [0.05, 0.1) is 0 Å². The Morgan fingerprint density at radius 2 is 2.00 bits per heavy atom. The summed E-state index contributed by atoms with van der Waals surface area (Å²) in [5, 5.41) is 3.30. The maximum atomic E-state index is 11.6. The van der Waals surface area contributed by atoms with Crippen molar-refractivity contribution in [1.82, 2.24) is 9.99 Å². The number of rotatable bonds is 3. The number of nitrogens with one attached hydrogen (secondary N) is 2. The van der Waals surface area contributed by atoms with Crippen molar-refractivity contribution in [2.45, 2.75) is 19.3 Å². The predicted octanol–water partition coefficient (Wildman–Crippen LogP) is 0.948. The van der Waals surface area contributed by atoms with E-state index >= 15 is 0 Å². The van der Waals surface area contributed by atoms with Crippen LogP contribution in [0.5, 0.6) is 0 Å². The van der Waals surface area contributed by atoms with E-state index in [-0.39, 0.29) is 5.91 Å². The molecule has 1 amide bonds. The molecule has 2 N–H and O–H groups in total. The standard InChI is InChI=1S/C11H17N3O/c15-11(13-14-7-1-2-8-14)9-10-3-5-12-6-4-10/h1-2,7-8,10,12H,3-6,9H2,(H,13,15). The number of hydrogen-bond acceptors (Lipinski definition) is 2. The molecule has 0 aliphatic carbocycles. The number of aromatic nitrogens is 1. The molecule has 0 bridgehead atoms. The molecule has 0 aromatic carbocycles. The Morgan fingerprint density at radius 3 is 2.67 bits per heavy atom. The Hall–Kier alpha value is -1.29. The molecule has 1 aromatic heterocycles. The second-order valence-electron chi connectivity index (χ2n) is 4.02. The number of amides is 1. The van der Waals surface area contributed by atoms with Crippen LogP contribution in [0.2, 0.25) is 0 Å². The lowest BCUT2D eigenvalue weighted by molar-refractivity contribution is -0.118. The van der Waals surface area contributed by atoms with Crippen molar-refractivity contribution in [3.05, 3.63) is 24.5 Å². The molecule has 2 rings (SSSR count). The van der Waals surface area contributed by atoms with Gasteiger partial charge in [-0.15, -0.1) is 0 Å². The highest BCUT2D eigenvalue weighted by atomic mass is 16.2. The van der Waals surface area contributed by atoms with Gasteiger partial charge in [0.25, 0.3) is 0 Å². The van der Waals surface area contributed by atoms with Crippen LogP contribution in [0.3, 0.4) is 0 Å². The van der Waals surface area contributed by atoms with Crippen molar-refractivity contribution in [1.29, 1.82) is 0 Å². The zero-order chi connectivity index (χ0) is 10.5. The van der Waals surface area contributed by atoms with Crippen LogP contribution in [0.15, 0.2) is 24.5 Å². The molecule has 0 saturated carbocycles. The van der Waals surface area contributed by atoms with Crippen LogP contribution < -0.4 is 10.7 Å². The first-order chi connectivity index (χ1) is 7.34. The van der Waals surface area contributed by atoms with Crippen molar-refractivity contribution < 1.29 is 4.79 Å². The molecule has 15 heavy (non-hydrogen) atoms. The Labute approximate surface area is 89.6 Å². The van der Waals surface area contributed by atoms with Crippen LogP contribution in [0, 0.1) is 5.92 Å². The Bertz CT molecular complexity index is 302. The van der Waals surface area contributed by atoms with Gasteiger partial charge in [-0.3, -0.25) is 14.9 Å². The minimum absolute atomic E-state index is 0.109. The molecule has 0 unspecified atom stereocenters. The van der Waals surface area contributed by atoms with E-state index in [2.05, 4.69) is 10.7 Å². The zero-order valence-electron chi connectivity index (χ0n) is 8.78. The van der Waals surface area contributed by atoms with Gasteiger partial charge in [0, 0.05) is 18.8 Å². The smallest absolute Gasteiger partial charge is 0.239 e. The van der Waals surface area contributed by atoms with E-state index in [0.717, 1.165) is 25.9 Å². The van der Waals surface area contributed by atoms with E-state index in [4.69, 9.17) is 0 Å². The molecule has 0 spiro atoms. The van der Waals surface area contributed by atoms with E-state index in [1.807, 2.05) is 24.5 Å². The fourth-order valence-electron chi connectivity index (χ4n) is 1.95. The van der Waals surface area contributed by atoms with Gasteiger partial charge in [0.1, 0.15) is 0 Å². The number of piperidine rings is 1. The van der Waals surface area contributed by atoms with E-state index < -0.39 is 0 Å². The Kier molecular flexibility index (Phi) is 3.40. The second kappa shape index (κ2) is 4.98. The number of hydrogen-bond donors (Lipinski definition) is 2. The minimum atomic E-state index is 0.109. The first kappa shape index (κ1) is 10.2. The summed E-state index contributed by atoms with van der Waals surface area (Å²) in [5.41, 5.74) is 2.83. The number of carbonyl (C=O) groups excluding carboxylic acids is 1. The summed E-state index contributed by atoms with van der Waals surface area (Å²) in [6, 6.07) is 3.79. The lowest BCUT2D eigenvalue weighted by atomic mass is 9.94. The summed E-state index contributed by atoms with van der Waals surface area (Å²) in [6.07, 6.45) is 6.53. The normalized spacial score (nSPS) is 17.6. The van der Waals surface area contributed by atoms with Crippen LogP contribution in [0.25, 0.3) is 0 Å². The highest BCUT2D eigenvalue weighted by molar-refractivity contribution is 5.83. The fraction of sp³-hybridized carbons (Fsp3) is 0.545. The molecule has 4 nitrogen and oxygen atoms in total. The molecule has 1 aliphatic heterocycles. The van der Waals surface area contributed by atoms with Gasteiger partial charge in [-0.1, -0.05) is 0 Å². The van der Waals surface area contributed by atoms with Crippen LogP contribution in [-0.4, -0.2) is 23.7 Å². The molecule has 1 aliphatic rings. The predicted molar refractivity (Wildman–Crippen MR) is 59.0 cm³/mol. The summed E-state index contributed by atoms with van der Waals surface area (Å²) in [6.45, 7) is 2.09. The average Bonchev–Trinajstić information content (AvgIpc) is 2.71. The molecular formula is C11H17N3O. The molecule has 4 heteroatoms. The second-order valence-corrected chi connectivity index (χ2v) is 4.02. The van der Waals surface area contributed by atoms with Crippen molar-refractivity contribution in [2.75, 3.05) is 18.5 Å². The minimum Gasteiger partial charge on any atom is -0.317 e. The van der Waals surface area contributed by atoms with Gasteiger partial charge >= 0.3 is 0 Å². The zero-order valence-corrected chi connectivity index (χ0v) is 8.78. The lowest BCUT2D eigenvalue weighted by Crippen LogP contribution is -2.31. The third kappa shape index (κ3) is 3.09. The van der Waals surface area contributed by atoms with E-state index in [1.54, 1.807) is 4.68 Å². The van der Waals surface area contributed by atoms with Gasteiger partial charge in [0.2, 0.25) is 5.91 Å². The largest absolute Gasteiger partial charge is 0.317 e. The maximum Gasteiger partial charge on any atom is 0.239 e. The van der Waals surface area contributed by atoms with Gasteiger partial charge in [0.15, 0.2) is 0 Å². The van der Waals surface area contributed by atoms with Crippen LogP contribution in [0.1, 0.15) is 19.3 Å². The topological polar surface area (TPSA) is 46.1 Å². The molecule has 82 valence electrons. The highest BCUT2D eigenvalue weighted by Gasteiger charge is 2.16. The summed E-state index contributed by atoms with van der Waals surface area (Å²) in [5.74, 6) is 0.653. The summed E-state index contributed by atoms with van der Waals surface area (Å²) >= 11 is 0. The SMILES string of the molecule is O=C(CC1CCNCC1)Nn1cccc1. The first-order valence-corrected chi connectivity index (χ1v) is 5.48. The Morgan fingerprint density at radius 1 is 1.33 bits per heavy atom. The molecule has 0 atom stereocenters. The average molecular weight is 207 g/mol. The molecule has 1 aromatic rings. The van der Waals surface area contributed by atoms with Crippen LogP contribution >= 0.6 is 0 Å². The fourth-order valence-corrected chi connectivity index (χ4v) is 1.95. The maximum absolute atomic E-state index is 11.6. The van der Waals surface area contributed by atoms with Gasteiger partial charge in [-0.25, -0.2) is 0 Å². The van der Waals surface area contributed by atoms with Crippen LogP contribution in [-0.2, 0) is 4.79 Å². The number of carbonyl (C=O) groups is 1. The molecule has 1 saturated heterocycles. The van der Waals surface area contributed by atoms with E-state index in [0.29, 0.717) is 12.3 Å². The molecule has 1 fully saturated rings. The van der Waals surface area contributed by atoms with E-state index in [9.17, 15) is 4.79 Å². The highest BCUT2D eigenvalue weighted by Crippen LogP contribution is 2.15. The van der Waals surface area contributed by atoms with Crippen molar-refractivity contribution in [3.63, 3.8) is 0 Å². The van der Waals surface area contributed by atoms with Crippen molar-refractivity contribution in [2.24, 2.45) is 5.92 Å². The monoisotopic (exact) mass is 207 g/mol. The summed E-state index contributed by atoms with van der Waals surface area (Å²) < 4.78 is 1.70. The lowest BCUT2D eigenvalue weighted by Gasteiger charge is -2.21. The van der Waals surface area contributed by atoms with Gasteiger partial charge < -0.3 is 5.32 Å². The number of nitrogens with zero attached hydrogens (tertiary/aromatic N) is 1. The van der Waals surface area contributed by atoms with Gasteiger partial charge in [-0.2, -0.15) is 0 Å². The summed E-state index contributed by atoms with van der Waals surface area (Å²) in [7, 11) is 0. The molecular weight excluding hydrogens is 190 g/mol. The first-order valence-electron chi connectivity index (χ1n) is 5.48. The van der Waals surface area contributed by atoms with Crippen molar-refractivity contribution in [3.8, 4) is 0 Å². The quantitative estimate of drug-likeness (QED) is 0.775. The van der Waals surface area contributed by atoms with Crippen molar-refractivity contribution >= 4 is 5.91 Å². The third-order valence-electron chi connectivity index (χ3n) is 2.79.